The fourth-order valence-corrected chi connectivity index (χ4v) is 2.87. The molecule has 0 spiro atoms. The normalized spacial score (nSPS) is 26.9. The molecule has 5 heteroatoms. The van der Waals surface area contributed by atoms with Crippen molar-refractivity contribution in [3.8, 4) is 0 Å². The van der Waals surface area contributed by atoms with Gasteiger partial charge in [-0.25, -0.2) is 4.79 Å². The molecule has 2 aliphatic rings. The molecule has 20 heavy (non-hydrogen) atoms. The van der Waals surface area contributed by atoms with E-state index in [0.717, 1.165) is 6.42 Å². The highest BCUT2D eigenvalue weighted by Crippen LogP contribution is 2.42. The zero-order valence-electron chi connectivity index (χ0n) is 13.7. The van der Waals surface area contributed by atoms with Crippen molar-refractivity contribution in [1.82, 2.24) is 4.90 Å². The molecule has 3 atom stereocenters. The van der Waals surface area contributed by atoms with Crippen molar-refractivity contribution in [3.05, 3.63) is 0 Å². The van der Waals surface area contributed by atoms with E-state index in [4.69, 9.17) is 9.53 Å². The number of hydrogen-bond acceptors (Lipinski definition) is 3. The van der Waals surface area contributed by atoms with E-state index < -0.39 is 0 Å². The molecule has 2 N–H and O–H groups in total. The monoisotopic (exact) mass is 286 g/mol. The summed E-state index contributed by atoms with van der Waals surface area (Å²) in [5, 5.41) is 0. The molecule has 1 saturated heterocycles. The van der Waals surface area contributed by atoms with Gasteiger partial charge in [-0.05, 0) is 52.9 Å². The smallest absolute Gasteiger partial charge is 0.410 e. The number of carbonyl (C=O) groups excluding carboxylic acids is 2. The lowest BCUT2D eigenvalue weighted by atomic mass is 10.0. The Bertz CT molecular complexity index is 311. The molecule has 3 unspecified atom stereocenters. The van der Waals surface area contributed by atoms with Crippen molar-refractivity contribution in [3.63, 3.8) is 0 Å². The van der Waals surface area contributed by atoms with Crippen LogP contribution in [-0.4, -0.2) is 35.1 Å². The first-order valence-electron chi connectivity index (χ1n) is 7.47. The molecule has 2 rings (SSSR count). The topological polar surface area (TPSA) is 72.6 Å². The molecular formula is C15H30N2O3. The van der Waals surface area contributed by atoms with Gasteiger partial charge in [0.05, 0.1) is 0 Å². The van der Waals surface area contributed by atoms with E-state index in [2.05, 4.69) is 12.7 Å². The van der Waals surface area contributed by atoms with Crippen LogP contribution in [0.25, 0.3) is 0 Å². The highest BCUT2D eigenvalue weighted by molar-refractivity contribution is 5.69. The summed E-state index contributed by atoms with van der Waals surface area (Å²) in [6.45, 7) is 11.9. The van der Waals surface area contributed by atoms with Crippen LogP contribution in [0.3, 0.4) is 0 Å². The van der Waals surface area contributed by atoms with Crippen LogP contribution in [0.4, 0.5) is 4.79 Å². The predicted molar refractivity (Wildman–Crippen MR) is 80.3 cm³/mol. The highest BCUT2D eigenvalue weighted by atomic mass is 16.6. The molecule has 0 radical (unpaired) electrons. The maximum Gasteiger partial charge on any atom is 0.410 e. The average molecular weight is 286 g/mol. The Balaban J connectivity index is 0.000000641. The van der Waals surface area contributed by atoms with Crippen molar-refractivity contribution in [2.75, 3.05) is 0 Å². The van der Waals surface area contributed by atoms with Crippen molar-refractivity contribution in [2.24, 2.45) is 11.7 Å². The maximum absolute atomic E-state index is 12.0. The van der Waals surface area contributed by atoms with Gasteiger partial charge in [-0.2, -0.15) is 0 Å². The van der Waals surface area contributed by atoms with Crippen LogP contribution in [0.5, 0.6) is 0 Å². The van der Waals surface area contributed by atoms with Crippen LogP contribution in [0.2, 0.25) is 0 Å². The van der Waals surface area contributed by atoms with E-state index in [1.54, 1.807) is 0 Å². The lowest BCUT2D eigenvalue weighted by Gasteiger charge is -2.34. The van der Waals surface area contributed by atoms with Crippen LogP contribution >= 0.6 is 0 Å². The van der Waals surface area contributed by atoms with Gasteiger partial charge in [0.15, 0.2) is 0 Å². The molecule has 5 nitrogen and oxygen atoms in total. The molecule has 118 valence electrons. The number of nitrogens with zero attached hydrogens (tertiary/aromatic N) is 1. The lowest BCUT2D eigenvalue weighted by molar-refractivity contribution is -0.106. The molecule has 0 aromatic heterocycles. The Morgan fingerprint density at radius 1 is 1.30 bits per heavy atom. The minimum absolute atomic E-state index is 0.123. The second-order valence-corrected chi connectivity index (χ2v) is 5.99. The Labute approximate surface area is 122 Å². The molecule has 1 aliphatic carbocycles. The SMILES string of the molecule is CC.CC1C2CCC(C2)N1C(=O)OC(C)(C)C.NC=O. The Morgan fingerprint density at radius 3 is 2.15 bits per heavy atom. The zero-order chi connectivity index (χ0) is 15.9. The first-order valence-corrected chi connectivity index (χ1v) is 7.47. The number of ether oxygens (including phenoxy) is 1. The zero-order valence-corrected chi connectivity index (χ0v) is 13.7. The number of nitrogens with two attached hydrogens (primary N) is 1. The molecule has 0 aromatic carbocycles. The van der Waals surface area contributed by atoms with Gasteiger partial charge in [0, 0.05) is 12.1 Å². The summed E-state index contributed by atoms with van der Waals surface area (Å²) in [5.74, 6) is 0.711. The summed E-state index contributed by atoms with van der Waals surface area (Å²) in [6.07, 6.45) is 3.75. The third kappa shape index (κ3) is 5.02. The molecule has 2 fully saturated rings. The number of hydrogen-bond donors (Lipinski definition) is 1. The lowest BCUT2D eigenvalue weighted by Crippen LogP contribution is -2.45. The van der Waals surface area contributed by atoms with Crippen LogP contribution < -0.4 is 5.73 Å². The summed E-state index contributed by atoms with van der Waals surface area (Å²) in [6, 6.07) is 0.818. The summed E-state index contributed by atoms with van der Waals surface area (Å²) in [7, 11) is 0. The second-order valence-electron chi connectivity index (χ2n) is 5.99. The quantitative estimate of drug-likeness (QED) is 0.696. The number of likely N-dealkylation sites (tertiary alicyclic amines) is 1. The van der Waals surface area contributed by atoms with E-state index in [0.29, 0.717) is 18.0 Å². The van der Waals surface area contributed by atoms with Crippen molar-refractivity contribution >= 4 is 12.5 Å². The third-order valence-corrected chi connectivity index (χ3v) is 3.56. The Kier molecular flexibility index (Phi) is 7.61. The van der Waals surface area contributed by atoms with Crippen LogP contribution in [0.1, 0.15) is 60.8 Å². The summed E-state index contributed by atoms with van der Waals surface area (Å²) < 4.78 is 5.43. The Morgan fingerprint density at radius 2 is 1.80 bits per heavy atom. The van der Waals surface area contributed by atoms with E-state index in [-0.39, 0.29) is 18.1 Å². The van der Waals surface area contributed by atoms with E-state index in [1.165, 1.54) is 12.8 Å². The Hall–Kier alpha value is -1.26. The molecule has 0 aromatic rings. The summed E-state index contributed by atoms with van der Waals surface area (Å²) in [5.41, 5.74) is 3.79. The third-order valence-electron chi connectivity index (χ3n) is 3.56. The minimum Gasteiger partial charge on any atom is -0.444 e. The van der Waals surface area contributed by atoms with Gasteiger partial charge in [0.25, 0.3) is 0 Å². The van der Waals surface area contributed by atoms with Gasteiger partial charge >= 0.3 is 6.09 Å². The number of primary amides is 1. The van der Waals surface area contributed by atoms with E-state index in [9.17, 15) is 4.79 Å². The van der Waals surface area contributed by atoms with Gasteiger partial charge in [0.2, 0.25) is 6.41 Å². The van der Waals surface area contributed by atoms with Crippen molar-refractivity contribution in [1.29, 1.82) is 0 Å². The first-order chi connectivity index (χ1) is 9.30. The highest BCUT2D eigenvalue weighted by Gasteiger charge is 2.47. The van der Waals surface area contributed by atoms with E-state index >= 15 is 0 Å². The van der Waals surface area contributed by atoms with Gasteiger partial charge in [0.1, 0.15) is 5.60 Å². The summed E-state index contributed by atoms with van der Waals surface area (Å²) in [4.78, 5) is 22.5. The van der Waals surface area contributed by atoms with Gasteiger partial charge in [-0.1, -0.05) is 13.8 Å². The number of rotatable bonds is 0. The summed E-state index contributed by atoms with van der Waals surface area (Å²) >= 11 is 0. The van der Waals surface area contributed by atoms with Crippen LogP contribution in [-0.2, 0) is 9.53 Å². The number of carbonyl (C=O) groups is 2. The average Bonchev–Trinajstić information content (AvgIpc) is 2.90. The molecular weight excluding hydrogens is 256 g/mol. The van der Waals surface area contributed by atoms with Gasteiger partial charge in [-0.15, -0.1) is 0 Å². The largest absolute Gasteiger partial charge is 0.444 e. The first kappa shape index (κ1) is 18.7. The predicted octanol–water partition coefficient (Wildman–Crippen LogP) is 2.92. The number of amides is 2. The van der Waals surface area contributed by atoms with Crippen LogP contribution in [0, 0.1) is 5.92 Å². The standard InChI is InChI=1S/C12H21NO2.C2H6.CH3NO/c1-8-9-5-6-10(7-9)13(8)11(14)15-12(2,3)4;1-2;2-1-3/h8-10H,5-7H2,1-4H3;1-2H3;1H,(H2,2,3). The fraction of sp³-hybridized carbons (Fsp3) is 0.867. The second kappa shape index (κ2) is 8.12. The van der Waals surface area contributed by atoms with Crippen molar-refractivity contribution in [2.45, 2.75) is 78.5 Å². The van der Waals surface area contributed by atoms with E-state index in [1.807, 2.05) is 39.5 Å². The maximum atomic E-state index is 12.0. The van der Waals surface area contributed by atoms with Crippen LogP contribution in [0.15, 0.2) is 0 Å². The molecule has 2 bridgehead atoms. The molecule has 2 amide bonds. The molecule has 1 heterocycles. The van der Waals surface area contributed by atoms with Gasteiger partial charge < -0.3 is 15.4 Å². The number of piperidine rings is 1. The molecule has 1 aliphatic heterocycles. The minimum atomic E-state index is -0.376. The number of fused-ring (bicyclic) bond motifs is 2. The molecule has 1 saturated carbocycles. The van der Waals surface area contributed by atoms with Gasteiger partial charge in [-0.3, -0.25) is 4.79 Å². The fourth-order valence-electron chi connectivity index (χ4n) is 2.87. The van der Waals surface area contributed by atoms with Crippen molar-refractivity contribution < 1.29 is 14.3 Å².